The first-order valence-corrected chi connectivity index (χ1v) is 10.6. The summed E-state index contributed by atoms with van der Waals surface area (Å²) in [5, 5.41) is 8.34. The Morgan fingerprint density at radius 2 is 1.74 bits per heavy atom. The molecular formula is C27H22FN3O3. The van der Waals surface area contributed by atoms with Gasteiger partial charge in [0.05, 0.1) is 6.21 Å². The fraction of sp³-hybridized carbons (Fsp3) is 0.0741. The quantitative estimate of drug-likeness (QED) is 0.245. The maximum atomic E-state index is 13.2. The monoisotopic (exact) mass is 455 g/mol. The Hall–Kier alpha value is -4.52. The van der Waals surface area contributed by atoms with Gasteiger partial charge in [0, 0.05) is 11.3 Å². The number of benzene rings is 4. The van der Waals surface area contributed by atoms with E-state index >= 15 is 0 Å². The summed E-state index contributed by atoms with van der Waals surface area (Å²) >= 11 is 0. The van der Waals surface area contributed by atoms with Crippen LogP contribution in [0.3, 0.4) is 0 Å². The van der Waals surface area contributed by atoms with Crippen LogP contribution in [0, 0.1) is 12.7 Å². The highest BCUT2D eigenvalue weighted by Gasteiger charge is 2.13. The number of fused-ring (bicyclic) bond motifs is 1. The molecule has 0 bridgehead atoms. The lowest BCUT2D eigenvalue weighted by atomic mass is 10.0. The molecule has 0 fully saturated rings. The van der Waals surface area contributed by atoms with Crippen LogP contribution in [0.1, 0.15) is 16.7 Å². The van der Waals surface area contributed by atoms with Crippen molar-refractivity contribution in [3.63, 3.8) is 0 Å². The highest BCUT2D eigenvalue weighted by atomic mass is 19.1. The van der Waals surface area contributed by atoms with Crippen molar-refractivity contribution in [3.8, 4) is 5.75 Å². The number of ether oxygens (including phenoxy) is 1. The molecule has 4 rings (SSSR count). The Morgan fingerprint density at radius 3 is 2.53 bits per heavy atom. The molecule has 0 aliphatic rings. The van der Waals surface area contributed by atoms with Gasteiger partial charge in [-0.2, -0.15) is 5.10 Å². The molecule has 2 N–H and O–H groups in total. The van der Waals surface area contributed by atoms with Crippen LogP contribution < -0.4 is 15.5 Å². The van der Waals surface area contributed by atoms with E-state index < -0.39 is 11.8 Å². The summed E-state index contributed by atoms with van der Waals surface area (Å²) in [6.07, 6.45) is 1.44. The summed E-state index contributed by atoms with van der Waals surface area (Å²) in [4.78, 5) is 24.4. The number of amides is 2. The molecule has 4 aromatic rings. The summed E-state index contributed by atoms with van der Waals surface area (Å²) < 4.78 is 19.1. The van der Waals surface area contributed by atoms with Crippen LogP contribution in [0.4, 0.5) is 10.1 Å². The maximum Gasteiger partial charge on any atom is 0.329 e. The van der Waals surface area contributed by atoms with Crippen LogP contribution in [-0.2, 0) is 16.2 Å². The molecule has 0 saturated carbocycles. The van der Waals surface area contributed by atoms with Crippen molar-refractivity contribution >= 4 is 34.5 Å². The third-order valence-corrected chi connectivity index (χ3v) is 5.08. The minimum atomic E-state index is -0.897. The Labute approximate surface area is 196 Å². The average molecular weight is 455 g/mol. The fourth-order valence-electron chi connectivity index (χ4n) is 3.39. The van der Waals surface area contributed by atoms with Gasteiger partial charge in [-0.15, -0.1) is 0 Å². The van der Waals surface area contributed by atoms with E-state index in [0.29, 0.717) is 17.0 Å². The van der Waals surface area contributed by atoms with Crippen molar-refractivity contribution in [1.29, 1.82) is 0 Å². The van der Waals surface area contributed by atoms with E-state index in [1.165, 1.54) is 18.3 Å². The van der Waals surface area contributed by atoms with Crippen LogP contribution in [0.2, 0.25) is 0 Å². The lowest BCUT2D eigenvalue weighted by molar-refractivity contribution is -0.136. The second-order valence-electron chi connectivity index (χ2n) is 7.64. The lowest BCUT2D eigenvalue weighted by Gasteiger charge is -2.12. The molecule has 0 saturated heterocycles. The molecule has 170 valence electrons. The standard InChI is InChI=1S/C27H22FN3O3/c1-18-5-4-7-22(15-18)30-26(32)27(33)31-29-16-24-23-8-3-2-6-20(23)11-14-25(24)34-17-19-9-12-21(28)13-10-19/h2-16H,17H2,1H3,(H,30,32)(H,31,33)/b29-16-. The van der Waals surface area contributed by atoms with Crippen molar-refractivity contribution in [2.45, 2.75) is 13.5 Å². The number of halogens is 1. The molecule has 0 radical (unpaired) electrons. The van der Waals surface area contributed by atoms with Gasteiger partial charge in [-0.05, 0) is 59.2 Å². The van der Waals surface area contributed by atoms with E-state index in [2.05, 4.69) is 15.8 Å². The topological polar surface area (TPSA) is 79.8 Å². The third kappa shape index (κ3) is 5.63. The number of hydrogen-bond donors (Lipinski definition) is 2. The second-order valence-corrected chi connectivity index (χ2v) is 7.64. The molecule has 0 unspecified atom stereocenters. The number of nitrogens with one attached hydrogen (secondary N) is 2. The van der Waals surface area contributed by atoms with Crippen LogP contribution in [0.15, 0.2) is 90.0 Å². The Balaban J connectivity index is 1.50. The number of aryl methyl sites for hydroxylation is 1. The predicted molar refractivity (Wildman–Crippen MR) is 130 cm³/mol. The van der Waals surface area contributed by atoms with Crippen LogP contribution >= 0.6 is 0 Å². The van der Waals surface area contributed by atoms with Gasteiger partial charge in [-0.25, -0.2) is 9.82 Å². The number of hydrogen-bond acceptors (Lipinski definition) is 4. The zero-order valence-electron chi connectivity index (χ0n) is 18.4. The average Bonchev–Trinajstić information content (AvgIpc) is 2.84. The zero-order valence-corrected chi connectivity index (χ0v) is 18.4. The van der Waals surface area contributed by atoms with Crippen molar-refractivity contribution in [1.82, 2.24) is 5.43 Å². The first kappa shape index (κ1) is 22.7. The molecule has 0 spiro atoms. The number of hydrazone groups is 1. The Kier molecular flexibility index (Phi) is 6.93. The van der Waals surface area contributed by atoms with Gasteiger partial charge in [-0.1, -0.05) is 54.6 Å². The van der Waals surface area contributed by atoms with Crippen LogP contribution in [-0.4, -0.2) is 18.0 Å². The number of rotatable bonds is 6. The third-order valence-electron chi connectivity index (χ3n) is 5.08. The van der Waals surface area contributed by atoms with Gasteiger partial charge >= 0.3 is 11.8 Å². The van der Waals surface area contributed by atoms with Gasteiger partial charge in [0.25, 0.3) is 0 Å². The summed E-state index contributed by atoms with van der Waals surface area (Å²) in [7, 11) is 0. The molecule has 6 nitrogen and oxygen atoms in total. The van der Waals surface area contributed by atoms with Gasteiger partial charge in [-0.3, -0.25) is 9.59 Å². The largest absolute Gasteiger partial charge is 0.488 e. The number of anilines is 1. The minimum absolute atomic E-state index is 0.227. The molecule has 7 heteroatoms. The van der Waals surface area contributed by atoms with Gasteiger partial charge in [0.15, 0.2) is 0 Å². The minimum Gasteiger partial charge on any atom is -0.488 e. The number of carbonyl (C=O) groups is 2. The molecular weight excluding hydrogens is 433 g/mol. The molecule has 0 aliphatic heterocycles. The number of carbonyl (C=O) groups excluding carboxylic acids is 2. The molecule has 2 amide bonds. The first-order chi connectivity index (χ1) is 16.5. The highest BCUT2D eigenvalue weighted by Crippen LogP contribution is 2.27. The van der Waals surface area contributed by atoms with Gasteiger partial charge < -0.3 is 10.1 Å². The molecule has 4 aromatic carbocycles. The van der Waals surface area contributed by atoms with E-state index in [9.17, 15) is 14.0 Å². The van der Waals surface area contributed by atoms with E-state index in [1.807, 2.05) is 43.3 Å². The van der Waals surface area contributed by atoms with E-state index in [0.717, 1.165) is 21.9 Å². The zero-order chi connectivity index (χ0) is 23.9. The van der Waals surface area contributed by atoms with Crippen molar-refractivity contribution in [3.05, 3.63) is 107 Å². The highest BCUT2D eigenvalue weighted by molar-refractivity contribution is 6.39. The lowest BCUT2D eigenvalue weighted by Crippen LogP contribution is -2.32. The molecule has 34 heavy (non-hydrogen) atoms. The van der Waals surface area contributed by atoms with Crippen LogP contribution in [0.5, 0.6) is 5.75 Å². The molecule has 0 atom stereocenters. The predicted octanol–water partition coefficient (Wildman–Crippen LogP) is 4.96. The number of nitrogens with zero attached hydrogens (tertiary/aromatic N) is 1. The van der Waals surface area contributed by atoms with Crippen molar-refractivity contribution in [2.24, 2.45) is 5.10 Å². The Morgan fingerprint density at radius 1 is 0.941 bits per heavy atom. The van der Waals surface area contributed by atoms with E-state index in [4.69, 9.17) is 4.74 Å². The maximum absolute atomic E-state index is 13.2. The SMILES string of the molecule is Cc1cccc(NC(=O)C(=O)N/N=C\c2c(OCc3ccc(F)cc3)ccc3ccccc23)c1. The molecule has 0 aromatic heterocycles. The summed E-state index contributed by atoms with van der Waals surface area (Å²) in [6, 6.07) is 24.6. The van der Waals surface area contributed by atoms with Gasteiger partial charge in [0.2, 0.25) is 0 Å². The van der Waals surface area contributed by atoms with Gasteiger partial charge in [0.1, 0.15) is 18.2 Å². The molecule has 0 aliphatic carbocycles. The molecule has 0 heterocycles. The Bertz CT molecular complexity index is 1370. The summed E-state index contributed by atoms with van der Waals surface area (Å²) in [6.45, 7) is 2.12. The van der Waals surface area contributed by atoms with Crippen molar-refractivity contribution in [2.75, 3.05) is 5.32 Å². The first-order valence-electron chi connectivity index (χ1n) is 10.6. The summed E-state index contributed by atoms with van der Waals surface area (Å²) in [5.74, 6) is -1.50. The van der Waals surface area contributed by atoms with E-state index in [-0.39, 0.29) is 12.4 Å². The van der Waals surface area contributed by atoms with Crippen molar-refractivity contribution < 1.29 is 18.7 Å². The normalized spacial score (nSPS) is 10.9. The fourth-order valence-corrected chi connectivity index (χ4v) is 3.39. The van der Waals surface area contributed by atoms with E-state index in [1.54, 1.807) is 36.4 Å². The smallest absolute Gasteiger partial charge is 0.329 e. The summed E-state index contributed by atoms with van der Waals surface area (Å²) in [5.41, 5.74) is 5.18. The second kappa shape index (κ2) is 10.4. The van der Waals surface area contributed by atoms with Crippen LogP contribution in [0.25, 0.3) is 10.8 Å².